The minimum atomic E-state index is 0.266. The molecule has 1 aliphatic carbocycles. The number of rotatable bonds is 7. The van der Waals surface area contributed by atoms with Crippen LogP contribution in [-0.2, 0) is 5.41 Å². The third kappa shape index (κ3) is 3.89. The highest BCUT2D eigenvalue weighted by atomic mass is 32.2. The Kier molecular flexibility index (Phi) is 5.59. The molecule has 5 rings (SSSR count). The summed E-state index contributed by atoms with van der Waals surface area (Å²) in [7, 11) is 1.76. The summed E-state index contributed by atoms with van der Waals surface area (Å²) in [5, 5.41) is 6.16. The molecule has 5 heteroatoms. The van der Waals surface area contributed by atoms with E-state index in [9.17, 15) is 0 Å². The van der Waals surface area contributed by atoms with Crippen LogP contribution in [0.15, 0.2) is 65.6 Å². The Morgan fingerprint density at radius 1 is 1.03 bits per heavy atom. The Hall–Kier alpha value is -2.21. The molecule has 4 nitrogen and oxygen atoms in total. The molecular formula is C25H29N3OS. The maximum atomic E-state index is 5.63. The van der Waals surface area contributed by atoms with Gasteiger partial charge in [-0.05, 0) is 59.3 Å². The molecule has 0 spiro atoms. The van der Waals surface area contributed by atoms with Crippen molar-refractivity contribution in [2.75, 3.05) is 44.7 Å². The second-order valence-electron chi connectivity index (χ2n) is 8.30. The van der Waals surface area contributed by atoms with Crippen LogP contribution in [0.2, 0.25) is 0 Å². The van der Waals surface area contributed by atoms with Gasteiger partial charge in [0, 0.05) is 43.0 Å². The number of hydrogen-bond donors (Lipinski definition) is 2. The predicted octanol–water partition coefficient (Wildman–Crippen LogP) is 4.59. The van der Waals surface area contributed by atoms with Crippen LogP contribution in [-0.4, -0.2) is 39.8 Å². The summed E-state index contributed by atoms with van der Waals surface area (Å²) in [6.45, 7) is 5.06. The van der Waals surface area contributed by atoms with Gasteiger partial charge in [0.25, 0.3) is 0 Å². The molecule has 0 unspecified atom stereocenters. The predicted molar refractivity (Wildman–Crippen MR) is 127 cm³/mol. The van der Waals surface area contributed by atoms with E-state index in [2.05, 4.69) is 75.6 Å². The molecule has 0 radical (unpaired) electrons. The number of piperazine rings is 1. The van der Waals surface area contributed by atoms with Crippen LogP contribution in [0.5, 0.6) is 5.75 Å². The fourth-order valence-electron chi connectivity index (χ4n) is 4.52. The van der Waals surface area contributed by atoms with Gasteiger partial charge >= 0.3 is 0 Å². The van der Waals surface area contributed by atoms with E-state index in [-0.39, 0.29) is 5.41 Å². The molecule has 0 atom stereocenters. The molecule has 0 aromatic heterocycles. The van der Waals surface area contributed by atoms with Crippen molar-refractivity contribution in [2.24, 2.45) is 0 Å². The van der Waals surface area contributed by atoms with E-state index in [0.717, 1.165) is 38.5 Å². The van der Waals surface area contributed by atoms with E-state index < -0.39 is 0 Å². The van der Waals surface area contributed by atoms with Crippen molar-refractivity contribution in [1.29, 1.82) is 0 Å². The van der Waals surface area contributed by atoms with Gasteiger partial charge in [0.1, 0.15) is 5.75 Å². The van der Waals surface area contributed by atoms with Crippen LogP contribution in [0, 0.1) is 0 Å². The van der Waals surface area contributed by atoms with Crippen molar-refractivity contribution >= 4 is 28.4 Å². The number of fused-ring (bicyclic) bond motifs is 1. The highest BCUT2D eigenvalue weighted by Gasteiger charge is 2.44. The van der Waals surface area contributed by atoms with Crippen LogP contribution in [0.1, 0.15) is 18.4 Å². The van der Waals surface area contributed by atoms with Gasteiger partial charge < -0.3 is 15.0 Å². The van der Waals surface area contributed by atoms with Gasteiger partial charge in [0.15, 0.2) is 0 Å². The standard InChI is InChI=1S/C25H29N3OS/c1-29-24-10-9-20(17-23(24)28-15-13-26-14-16-28)30-27-18-25(11-12-25)22-8-4-6-19-5-2-3-7-21(19)22/h2-10,17,26-27H,11-16,18H2,1H3. The average molecular weight is 420 g/mol. The van der Waals surface area contributed by atoms with Crippen LogP contribution in [0.3, 0.4) is 0 Å². The second-order valence-corrected chi connectivity index (χ2v) is 9.27. The number of benzene rings is 3. The van der Waals surface area contributed by atoms with Gasteiger partial charge in [0.2, 0.25) is 0 Å². The van der Waals surface area contributed by atoms with Gasteiger partial charge in [-0.1, -0.05) is 42.5 Å². The van der Waals surface area contributed by atoms with Gasteiger partial charge in [0.05, 0.1) is 12.8 Å². The fraction of sp³-hybridized carbons (Fsp3) is 0.360. The van der Waals surface area contributed by atoms with E-state index in [1.807, 2.05) is 0 Å². The van der Waals surface area contributed by atoms with Crippen LogP contribution in [0.25, 0.3) is 10.8 Å². The monoisotopic (exact) mass is 419 g/mol. The molecule has 156 valence electrons. The van der Waals surface area contributed by atoms with Crippen LogP contribution < -0.4 is 19.7 Å². The van der Waals surface area contributed by atoms with Crippen molar-refractivity contribution < 1.29 is 4.74 Å². The van der Waals surface area contributed by atoms with Crippen molar-refractivity contribution in [3.05, 3.63) is 66.2 Å². The van der Waals surface area contributed by atoms with Gasteiger partial charge in [-0.25, -0.2) is 0 Å². The molecule has 3 aromatic rings. The smallest absolute Gasteiger partial charge is 0.142 e. The molecule has 1 aliphatic heterocycles. The van der Waals surface area contributed by atoms with Gasteiger partial charge in [-0.2, -0.15) is 0 Å². The van der Waals surface area contributed by atoms with Crippen molar-refractivity contribution in [2.45, 2.75) is 23.2 Å². The molecule has 0 amide bonds. The second kappa shape index (κ2) is 8.50. The first-order valence-corrected chi connectivity index (χ1v) is 11.6. The summed E-state index contributed by atoms with van der Waals surface area (Å²) < 4.78 is 9.31. The lowest BCUT2D eigenvalue weighted by Gasteiger charge is -2.30. The van der Waals surface area contributed by atoms with Gasteiger partial charge in [-0.3, -0.25) is 4.72 Å². The first-order valence-electron chi connectivity index (χ1n) is 10.8. The highest BCUT2D eigenvalue weighted by Crippen LogP contribution is 2.50. The maximum absolute atomic E-state index is 5.63. The molecule has 2 fully saturated rings. The molecule has 1 saturated carbocycles. The van der Waals surface area contributed by atoms with E-state index in [4.69, 9.17) is 4.74 Å². The largest absolute Gasteiger partial charge is 0.495 e. The lowest BCUT2D eigenvalue weighted by atomic mass is 9.91. The number of ether oxygens (including phenoxy) is 1. The summed E-state index contributed by atoms with van der Waals surface area (Å²) in [4.78, 5) is 3.65. The SMILES string of the molecule is COc1ccc(SNCC2(c3cccc4ccccc34)CC2)cc1N1CCNCC1. The Balaban J connectivity index is 1.30. The number of nitrogens with zero attached hydrogens (tertiary/aromatic N) is 1. The number of anilines is 1. The highest BCUT2D eigenvalue weighted by molar-refractivity contribution is 7.97. The molecule has 30 heavy (non-hydrogen) atoms. The first-order chi connectivity index (χ1) is 14.8. The van der Waals surface area contributed by atoms with Crippen LogP contribution >= 0.6 is 11.9 Å². The Morgan fingerprint density at radius 2 is 1.83 bits per heavy atom. The fourth-order valence-corrected chi connectivity index (χ4v) is 5.35. The Labute approximate surface area is 183 Å². The van der Waals surface area contributed by atoms with Crippen LogP contribution in [0.4, 0.5) is 5.69 Å². The third-order valence-electron chi connectivity index (χ3n) is 6.42. The molecule has 0 bridgehead atoms. The van der Waals surface area contributed by atoms with Crippen molar-refractivity contribution in [1.82, 2.24) is 10.0 Å². The lowest BCUT2D eigenvalue weighted by Crippen LogP contribution is -2.43. The molecule has 3 aromatic carbocycles. The normalized spacial score (nSPS) is 17.8. The molecular weight excluding hydrogens is 390 g/mol. The number of methoxy groups -OCH3 is 1. The first kappa shape index (κ1) is 19.7. The van der Waals surface area contributed by atoms with Crippen molar-refractivity contribution in [3.63, 3.8) is 0 Å². The number of nitrogens with one attached hydrogen (secondary N) is 2. The summed E-state index contributed by atoms with van der Waals surface area (Å²) in [6.07, 6.45) is 2.51. The quantitative estimate of drug-likeness (QED) is 0.548. The summed E-state index contributed by atoms with van der Waals surface area (Å²) >= 11 is 1.74. The topological polar surface area (TPSA) is 36.5 Å². The zero-order valence-corrected chi connectivity index (χ0v) is 18.3. The average Bonchev–Trinajstić information content (AvgIpc) is 3.60. The summed E-state index contributed by atoms with van der Waals surface area (Å²) in [5.74, 6) is 0.954. The molecule has 2 aliphatic rings. The Morgan fingerprint density at radius 3 is 2.63 bits per heavy atom. The summed E-state index contributed by atoms with van der Waals surface area (Å²) in [5.41, 5.74) is 2.95. The lowest BCUT2D eigenvalue weighted by molar-refractivity contribution is 0.412. The molecule has 2 N–H and O–H groups in total. The maximum Gasteiger partial charge on any atom is 0.142 e. The molecule has 1 heterocycles. The zero-order chi connectivity index (χ0) is 20.4. The minimum Gasteiger partial charge on any atom is -0.495 e. The van der Waals surface area contributed by atoms with E-state index in [1.165, 1.54) is 39.8 Å². The number of hydrogen-bond acceptors (Lipinski definition) is 5. The van der Waals surface area contributed by atoms with Gasteiger partial charge in [-0.15, -0.1) is 0 Å². The Bertz CT molecular complexity index is 1020. The van der Waals surface area contributed by atoms with Crippen molar-refractivity contribution in [3.8, 4) is 5.75 Å². The van der Waals surface area contributed by atoms with E-state index in [0.29, 0.717) is 0 Å². The third-order valence-corrected chi connectivity index (χ3v) is 7.20. The van der Waals surface area contributed by atoms with E-state index in [1.54, 1.807) is 19.1 Å². The summed E-state index contributed by atoms with van der Waals surface area (Å²) in [6, 6.07) is 22.0. The minimum absolute atomic E-state index is 0.266. The van der Waals surface area contributed by atoms with E-state index >= 15 is 0 Å². The molecule has 1 saturated heterocycles. The zero-order valence-electron chi connectivity index (χ0n) is 17.5.